The van der Waals surface area contributed by atoms with Gasteiger partial charge in [0.2, 0.25) is 0 Å². The summed E-state index contributed by atoms with van der Waals surface area (Å²) in [5.41, 5.74) is 2.08. The summed E-state index contributed by atoms with van der Waals surface area (Å²) in [6.07, 6.45) is 1.77. The molecule has 0 saturated heterocycles. The van der Waals surface area contributed by atoms with E-state index in [1.807, 2.05) is 23.3 Å². The van der Waals surface area contributed by atoms with Crippen LogP contribution in [-0.4, -0.2) is 31.1 Å². The predicted molar refractivity (Wildman–Crippen MR) is 81.3 cm³/mol. The van der Waals surface area contributed by atoms with E-state index in [0.29, 0.717) is 19.0 Å². The second-order valence-corrected chi connectivity index (χ2v) is 6.15. The van der Waals surface area contributed by atoms with Gasteiger partial charge in [0.15, 0.2) is 5.82 Å². The highest BCUT2D eigenvalue weighted by Crippen LogP contribution is 2.20. The summed E-state index contributed by atoms with van der Waals surface area (Å²) in [7, 11) is 1.94. The van der Waals surface area contributed by atoms with E-state index < -0.39 is 0 Å². The summed E-state index contributed by atoms with van der Waals surface area (Å²) < 4.78 is 4.75. The molecule has 0 spiro atoms. The van der Waals surface area contributed by atoms with Gasteiger partial charge in [0, 0.05) is 7.05 Å². The molecule has 2 rings (SSSR count). The highest BCUT2D eigenvalue weighted by Gasteiger charge is 2.12. The van der Waals surface area contributed by atoms with Gasteiger partial charge in [-0.1, -0.05) is 13.8 Å². The van der Waals surface area contributed by atoms with Crippen molar-refractivity contribution in [1.29, 1.82) is 0 Å². The standard InChI is InChI=1S/C13H21BrN6/c1-9(2)5-15-6-12-16-8-20(18-12)7-11-13(14)10(3)17-19(11)4/h8-9,15H,5-7H2,1-4H3. The van der Waals surface area contributed by atoms with Crippen molar-refractivity contribution in [3.8, 4) is 0 Å². The van der Waals surface area contributed by atoms with Crippen LogP contribution in [0, 0.1) is 12.8 Å². The first-order valence-electron chi connectivity index (χ1n) is 6.74. The molecular formula is C13H21BrN6. The molecule has 0 aliphatic carbocycles. The van der Waals surface area contributed by atoms with Gasteiger partial charge in [-0.25, -0.2) is 9.67 Å². The molecule has 0 aliphatic rings. The molecular weight excluding hydrogens is 320 g/mol. The predicted octanol–water partition coefficient (Wildman–Crippen LogP) is 1.88. The van der Waals surface area contributed by atoms with Crippen molar-refractivity contribution in [3.63, 3.8) is 0 Å². The van der Waals surface area contributed by atoms with Gasteiger partial charge in [-0.3, -0.25) is 4.68 Å². The smallest absolute Gasteiger partial charge is 0.164 e. The van der Waals surface area contributed by atoms with Crippen molar-refractivity contribution in [2.24, 2.45) is 13.0 Å². The Hall–Kier alpha value is -1.21. The average molecular weight is 341 g/mol. The Labute approximate surface area is 127 Å². The largest absolute Gasteiger partial charge is 0.310 e. The molecule has 20 heavy (non-hydrogen) atoms. The number of aryl methyl sites for hydroxylation is 2. The van der Waals surface area contributed by atoms with Crippen LogP contribution in [0.25, 0.3) is 0 Å². The zero-order valence-corrected chi connectivity index (χ0v) is 14.0. The van der Waals surface area contributed by atoms with E-state index in [-0.39, 0.29) is 0 Å². The van der Waals surface area contributed by atoms with Crippen molar-refractivity contribution in [1.82, 2.24) is 29.9 Å². The van der Waals surface area contributed by atoms with Gasteiger partial charge in [-0.15, -0.1) is 0 Å². The lowest BCUT2D eigenvalue weighted by molar-refractivity contribution is 0.538. The monoisotopic (exact) mass is 340 g/mol. The van der Waals surface area contributed by atoms with Gasteiger partial charge in [0.25, 0.3) is 0 Å². The number of nitrogens with zero attached hydrogens (tertiary/aromatic N) is 5. The van der Waals surface area contributed by atoms with Gasteiger partial charge in [0.1, 0.15) is 6.33 Å². The van der Waals surface area contributed by atoms with Gasteiger partial charge in [0.05, 0.1) is 29.0 Å². The van der Waals surface area contributed by atoms with Crippen molar-refractivity contribution in [3.05, 3.63) is 28.0 Å². The third-order valence-corrected chi connectivity index (χ3v) is 4.02. The maximum atomic E-state index is 4.47. The van der Waals surface area contributed by atoms with Crippen molar-refractivity contribution in [2.45, 2.75) is 33.9 Å². The first-order valence-corrected chi connectivity index (χ1v) is 7.53. The second-order valence-electron chi connectivity index (χ2n) is 5.35. The van der Waals surface area contributed by atoms with Crippen molar-refractivity contribution >= 4 is 15.9 Å². The third-order valence-electron chi connectivity index (χ3n) is 2.99. The zero-order valence-electron chi connectivity index (χ0n) is 12.4. The summed E-state index contributed by atoms with van der Waals surface area (Å²) >= 11 is 3.57. The number of hydrogen-bond donors (Lipinski definition) is 1. The highest BCUT2D eigenvalue weighted by molar-refractivity contribution is 9.10. The minimum Gasteiger partial charge on any atom is -0.310 e. The summed E-state index contributed by atoms with van der Waals surface area (Å²) in [4.78, 5) is 4.32. The van der Waals surface area contributed by atoms with Crippen LogP contribution in [0.1, 0.15) is 31.1 Å². The van der Waals surface area contributed by atoms with Crippen LogP contribution in [0.5, 0.6) is 0 Å². The summed E-state index contributed by atoms with van der Waals surface area (Å²) in [5.74, 6) is 1.45. The molecule has 0 bridgehead atoms. The van der Waals surface area contributed by atoms with Crippen LogP contribution in [0.3, 0.4) is 0 Å². The SMILES string of the molecule is Cc1nn(C)c(Cn2cnc(CNCC(C)C)n2)c1Br. The van der Waals surface area contributed by atoms with Crippen LogP contribution >= 0.6 is 15.9 Å². The van der Waals surface area contributed by atoms with Crippen molar-refractivity contribution < 1.29 is 0 Å². The second kappa shape index (κ2) is 6.49. The van der Waals surface area contributed by atoms with Crippen LogP contribution in [0.2, 0.25) is 0 Å². The van der Waals surface area contributed by atoms with Crippen LogP contribution in [-0.2, 0) is 20.1 Å². The average Bonchev–Trinajstić information content (AvgIpc) is 2.90. The molecule has 6 nitrogen and oxygen atoms in total. The lowest BCUT2D eigenvalue weighted by Gasteiger charge is -2.04. The molecule has 2 aromatic rings. The van der Waals surface area contributed by atoms with Crippen LogP contribution in [0.4, 0.5) is 0 Å². The Morgan fingerprint density at radius 2 is 2.10 bits per heavy atom. The van der Waals surface area contributed by atoms with E-state index in [4.69, 9.17) is 0 Å². The molecule has 0 fully saturated rings. The summed E-state index contributed by atoms with van der Waals surface area (Å²) in [5, 5.41) is 12.2. The fourth-order valence-corrected chi connectivity index (χ4v) is 2.43. The molecule has 0 amide bonds. The molecule has 0 atom stereocenters. The number of halogens is 1. The quantitative estimate of drug-likeness (QED) is 0.872. The number of hydrogen-bond acceptors (Lipinski definition) is 4. The van der Waals surface area contributed by atoms with E-state index >= 15 is 0 Å². The molecule has 2 aromatic heterocycles. The Morgan fingerprint density at radius 1 is 1.35 bits per heavy atom. The molecule has 0 aliphatic heterocycles. The molecule has 7 heteroatoms. The topological polar surface area (TPSA) is 60.6 Å². The maximum Gasteiger partial charge on any atom is 0.164 e. The van der Waals surface area contributed by atoms with E-state index in [0.717, 1.165) is 28.2 Å². The van der Waals surface area contributed by atoms with E-state index in [1.54, 1.807) is 6.33 Å². The Morgan fingerprint density at radius 3 is 2.70 bits per heavy atom. The van der Waals surface area contributed by atoms with Gasteiger partial charge < -0.3 is 5.32 Å². The van der Waals surface area contributed by atoms with Gasteiger partial charge in [-0.2, -0.15) is 10.2 Å². The summed E-state index contributed by atoms with van der Waals surface area (Å²) in [6.45, 7) is 8.69. The molecule has 0 saturated carbocycles. The Balaban J connectivity index is 1.99. The molecule has 2 heterocycles. The highest BCUT2D eigenvalue weighted by atomic mass is 79.9. The van der Waals surface area contributed by atoms with Crippen LogP contribution < -0.4 is 5.32 Å². The first-order chi connectivity index (χ1) is 9.47. The third kappa shape index (κ3) is 3.67. The maximum absolute atomic E-state index is 4.47. The normalized spacial score (nSPS) is 11.5. The fraction of sp³-hybridized carbons (Fsp3) is 0.615. The van der Waals surface area contributed by atoms with Crippen molar-refractivity contribution in [2.75, 3.05) is 6.54 Å². The first kappa shape index (κ1) is 15.2. The number of rotatable bonds is 6. The van der Waals surface area contributed by atoms with E-state index in [9.17, 15) is 0 Å². The van der Waals surface area contributed by atoms with Gasteiger partial charge >= 0.3 is 0 Å². The van der Waals surface area contributed by atoms with Crippen LogP contribution in [0.15, 0.2) is 10.8 Å². The zero-order chi connectivity index (χ0) is 14.7. The molecule has 0 radical (unpaired) electrons. The minimum absolute atomic E-state index is 0.630. The van der Waals surface area contributed by atoms with E-state index in [2.05, 4.69) is 50.3 Å². The molecule has 0 unspecified atom stereocenters. The minimum atomic E-state index is 0.630. The van der Waals surface area contributed by atoms with Gasteiger partial charge in [-0.05, 0) is 35.3 Å². The number of aromatic nitrogens is 5. The molecule has 110 valence electrons. The Bertz CT molecular complexity index is 571. The Kier molecular flexibility index (Phi) is 4.93. The lowest BCUT2D eigenvalue weighted by Crippen LogP contribution is -2.20. The molecule has 1 N–H and O–H groups in total. The van der Waals surface area contributed by atoms with E-state index in [1.165, 1.54) is 0 Å². The lowest BCUT2D eigenvalue weighted by atomic mass is 10.2. The molecule has 0 aromatic carbocycles. The summed E-state index contributed by atoms with van der Waals surface area (Å²) in [6, 6.07) is 0. The number of nitrogens with one attached hydrogen (secondary N) is 1. The fourth-order valence-electron chi connectivity index (χ4n) is 1.97.